The van der Waals surface area contributed by atoms with E-state index < -0.39 is 0 Å². The highest BCUT2D eigenvalue weighted by molar-refractivity contribution is 5.06. The maximum atomic E-state index is 3.31. The first-order valence-electron chi connectivity index (χ1n) is 4.32. The van der Waals surface area contributed by atoms with Gasteiger partial charge in [0.05, 0.1) is 0 Å². The van der Waals surface area contributed by atoms with Crippen LogP contribution in [-0.4, -0.2) is 13.1 Å². The summed E-state index contributed by atoms with van der Waals surface area (Å²) in [6.07, 6.45) is 7.65. The van der Waals surface area contributed by atoms with Gasteiger partial charge in [0.25, 0.3) is 0 Å². The van der Waals surface area contributed by atoms with Crippen molar-refractivity contribution in [1.82, 2.24) is 5.32 Å². The van der Waals surface area contributed by atoms with Gasteiger partial charge in [-0.15, -0.1) is 0 Å². The van der Waals surface area contributed by atoms with Crippen molar-refractivity contribution in [2.24, 2.45) is 0 Å². The number of nitrogens with one attached hydrogen (secondary N) is 1. The van der Waals surface area contributed by atoms with Crippen LogP contribution in [0.5, 0.6) is 0 Å². The van der Waals surface area contributed by atoms with Gasteiger partial charge in [-0.05, 0) is 25.8 Å². The summed E-state index contributed by atoms with van der Waals surface area (Å²) in [5.41, 5.74) is 1.67. The third-order valence-corrected chi connectivity index (χ3v) is 2.01. The summed E-state index contributed by atoms with van der Waals surface area (Å²) in [6, 6.07) is 0. The van der Waals surface area contributed by atoms with E-state index in [-0.39, 0.29) is 0 Å². The summed E-state index contributed by atoms with van der Waals surface area (Å²) < 4.78 is 0. The van der Waals surface area contributed by atoms with Gasteiger partial charge in [-0.2, -0.15) is 0 Å². The average Bonchev–Trinajstić information content (AvgIpc) is 2.03. The maximum absolute atomic E-state index is 3.31. The maximum Gasteiger partial charge on any atom is 0.0137 e. The molecule has 0 aliphatic carbocycles. The summed E-state index contributed by atoms with van der Waals surface area (Å²) in [4.78, 5) is 0. The molecule has 0 bridgehead atoms. The number of rotatable bonds is 3. The molecular weight excluding hydrogens is 122 g/mol. The van der Waals surface area contributed by atoms with Crippen molar-refractivity contribution in [3.63, 3.8) is 0 Å². The van der Waals surface area contributed by atoms with E-state index in [0.717, 1.165) is 6.54 Å². The van der Waals surface area contributed by atoms with Crippen LogP contribution in [0.25, 0.3) is 0 Å². The van der Waals surface area contributed by atoms with Gasteiger partial charge in [-0.3, -0.25) is 0 Å². The van der Waals surface area contributed by atoms with E-state index in [4.69, 9.17) is 0 Å². The zero-order valence-electron chi connectivity index (χ0n) is 6.82. The SMILES string of the molecule is CCCCC1=CCNCC1. The van der Waals surface area contributed by atoms with Gasteiger partial charge in [0.15, 0.2) is 0 Å². The largest absolute Gasteiger partial charge is 0.313 e. The molecule has 0 fully saturated rings. The molecule has 0 saturated heterocycles. The molecule has 0 saturated carbocycles. The van der Waals surface area contributed by atoms with Crippen LogP contribution in [0, 0.1) is 0 Å². The second-order valence-electron chi connectivity index (χ2n) is 2.92. The highest BCUT2D eigenvalue weighted by Gasteiger charge is 2.00. The summed E-state index contributed by atoms with van der Waals surface area (Å²) in [5.74, 6) is 0. The standard InChI is InChI=1S/C9H17N/c1-2-3-4-9-5-7-10-8-6-9/h5,10H,2-4,6-8H2,1H3. The summed E-state index contributed by atoms with van der Waals surface area (Å²) in [6.45, 7) is 4.54. The molecule has 1 heteroatoms. The lowest BCUT2D eigenvalue weighted by Crippen LogP contribution is -2.20. The van der Waals surface area contributed by atoms with Gasteiger partial charge in [0.2, 0.25) is 0 Å². The fourth-order valence-corrected chi connectivity index (χ4v) is 1.30. The van der Waals surface area contributed by atoms with E-state index in [9.17, 15) is 0 Å². The van der Waals surface area contributed by atoms with E-state index in [1.54, 1.807) is 5.57 Å². The Hall–Kier alpha value is -0.300. The van der Waals surface area contributed by atoms with Gasteiger partial charge in [0.1, 0.15) is 0 Å². The third kappa shape index (κ3) is 2.53. The molecule has 1 rings (SSSR count). The first kappa shape index (κ1) is 7.80. The fraction of sp³-hybridized carbons (Fsp3) is 0.778. The predicted octanol–water partition coefficient (Wildman–Crippen LogP) is 2.10. The molecule has 0 aromatic heterocycles. The molecular formula is C9H17N. The Morgan fingerprint density at radius 1 is 1.60 bits per heavy atom. The van der Waals surface area contributed by atoms with Crippen LogP contribution in [0.15, 0.2) is 11.6 Å². The molecule has 0 amide bonds. The van der Waals surface area contributed by atoms with Crippen molar-refractivity contribution in [2.75, 3.05) is 13.1 Å². The summed E-state index contributed by atoms with van der Waals surface area (Å²) >= 11 is 0. The van der Waals surface area contributed by atoms with E-state index in [1.807, 2.05) is 0 Å². The van der Waals surface area contributed by atoms with Crippen LogP contribution in [0.3, 0.4) is 0 Å². The van der Waals surface area contributed by atoms with Gasteiger partial charge in [-0.25, -0.2) is 0 Å². The number of hydrogen-bond donors (Lipinski definition) is 1. The number of unbranched alkanes of at least 4 members (excludes halogenated alkanes) is 1. The zero-order chi connectivity index (χ0) is 7.23. The first-order valence-corrected chi connectivity index (χ1v) is 4.32. The lowest BCUT2D eigenvalue weighted by Gasteiger charge is -2.12. The lowest BCUT2D eigenvalue weighted by atomic mass is 10.0. The van der Waals surface area contributed by atoms with Crippen LogP contribution in [0.2, 0.25) is 0 Å². The van der Waals surface area contributed by atoms with Crippen molar-refractivity contribution in [1.29, 1.82) is 0 Å². The van der Waals surface area contributed by atoms with Gasteiger partial charge >= 0.3 is 0 Å². The van der Waals surface area contributed by atoms with Gasteiger partial charge < -0.3 is 5.32 Å². The Kier molecular flexibility index (Phi) is 3.52. The normalized spacial score (nSPS) is 18.7. The zero-order valence-corrected chi connectivity index (χ0v) is 6.82. The van der Waals surface area contributed by atoms with Gasteiger partial charge in [0, 0.05) is 6.54 Å². The van der Waals surface area contributed by atoms with Crippen molar-refractivity contribution >= 4 is 0 Å². The average molecular weight is 139 g/mol. The Balaban J connectivity index is 2.18. The molecule has 0 unspecified atom stereocenters. The van der Waals surface area contributed by atoms with Crippen molar-refractivity contribution in [2.45, 2.75) is 32.6 Å². The predicted molar refractivity (Wildman–Crippen MR) is 45.1 cm³/mol. The van der Waals surface area contributed by atoms with E-state index >= 15 is 0 Å². The van der Waals surface area contributed by atoms with Crippen molar-refractivity contribution in [3.8, 4) is 0 Å². The molecule has 0 radical (unpaired) electrons. The van der Waals surface area contributed by atoms with E-state index in [0.29, 0.717) is 0 Å². The Morgan fingerprint density at radius 2 is 2.50 bits per heavy atom. The molecule has 0 atom stereocenters. The second-order valence-corrected chi connectivity index (χ2v) is 2.92. The Labute approximate surface area is 63.5 Å². The van der Waals surface area contributed by atoms with E-state index in [1.165, 1.54) is 32.2 Å². The van der Waals surface area contributed by atoms with Crippen molar-refractivity contribution < 1.29 is 0 Å². The molecule has 1 aliphatic rings. The first-order chi connectivity index (χ1) is 4.93. The minimum Gasteiger partial charge on any atom is -0.313 e. The molecule has 58 valence electrons. The van der Waals surface area contributed by atoms with Crippen LogP contribution < -0.4 is 5.32 Å². The minimum absolute atomic E-state index is 1.10. The second kappa shape index (κ2) is 4.51. The van der Waals surface area contributed by atoms with Crippen LogP contribution in [0.4, 0.5) is 0 Å². The summed E-state index contributed by atoms with van der Waals surface area (Å²) in [5, 5.41) is 3.31. The topological polar surface area (TPSA) is 12.0 Å². The molecule has 0 spiro atoms. The number of hydrogen-bond acceptors (Lipinski definition) is 1. The molecule has 1 heterocycles. The Bertz CT molecular complexity index is 116. The molecule has 1 N–H and O–H groups in total. The highest BCUT2D eigenvalue weighted by atomic mass is 14.8. The molecule has 0 aromatic carbocycles. The molecule has 1 aliphatic heterocycles. The quantitative estimate of drug-likeness (QED) is 0.590. The van der Waals surface area contributed by atoms with Crippen LogP contribution in [-0.2, 0) is 0 Å². The minimum atomic E-state index is 1.10. The van der Waals surface area contributed by atoms with Crippen molar-refractivity contribution in [3.05, 3.63) is 11.6 Å². The smallest absolute Gasteiger partial charge is 0.0137 e. The van der Waals surface area contributed by atoms with E-state index in [2.05, 4.69) is 18.3 Å². The van der Waals surface area contributed by atoms with Crippen LogP contribution >= 0.6 is 0 Å². The lowest BCUT2D eigenvalue weighted by molar-refractivity contribution is 0.660. The Morgan fingerprint density at radius 3 is 3.10 bits per heavy atom. The molecule has 0 aromatic rings. The third-order valence-electron chi connectivity index (χ3n) is 2.01. The fourth-order valence-electron chi connectivity index (χ4n) is 1.30. The van der Waals surface area contributed by atoms with Crippen LogP contribution in [0.1, 0.15) is 32.6 Å². The highest BCUT2D eigenvalue weighted by Crippen LogP contribution is 2.12. The monoisotopic (exact) mass is 139 g/mol. The summed E-state index contributed by atoms with van der Waals surface area (Å²) in [7, 11) is 0. The van der Waals surface area contributed by atoms with Gasteiger partial charge in [-0.1, -0.05) is 25.0 Å². The molecule has 10 heavy (non-hydrogen) atoms. The molecule has 1 nitrogen and oxygen atoms in total.